The molecule has 7 heteroatoms. The molecule has 2 aliphatic heterocycles. The lowest BCUT2D eigenvalue weighted by Crippen LogP contribution is -2.74. The Morgan fingerprint density at radius 2 is 1.54 bits per heavy atom. The van der Waals surface area contributed by atoms with Crippen LogP contribution in [0.1, 0.15) is 37.5 Å². The number of ether oxygens (including phenoxy) is 2. The first kappa shape index (κ1) is 24.6. The van der Waals surface area contributed by atoms with Gasteiger partial charge in [0, 0.05) is 5.56 Å². The zero-order valence-electron chi connectivity index (χ0n) is 21.4. The highest BCUT2D eigenvalue weighted by molar-refractivity contribution is 6.19. The number of β-lactam (4-membered cyclic amide) rings is 1. The van der Waals surface area contributed by atoms with Crippen LogP contribution >= 0.6 is 0 Å². The first-order valence-corrected chi connectivity index (χ1v) is 12.3. The molecule has 7 nitrogen and oxygen atoms in total. The summed E-state index contributed by atoms with van der Waals surface area (Å²) in [7, 11) is 1.59. The van der Waals surface area contributed by atoms with Crippen LogP contribution < -0.4 is 9.64 Å². The van der Waals surface area contributed by atoms with Gasteiger partial charge in [-0.2, -0.15) is 0 Å². The lowest BCUT2D eigenvalue weighted by Gasteiger charge is -2.52. The molecule has 0 aliphatic carbocycles. The monoisotopic (exact) mass is 498 g/mol. The van der Waals surface area contributed by atoms with E-state index in [-0.39, 0.29) is 5.91 Å². The van der Waals surface area contributed by atoms with E-state index in [4.69, 9.17) is 9.47 Å². The molecular formula is C30H30N2O5. The number of hydrogen-bond donors (Lipinski definition) is 0. The SMILES string of the molecule is COc1ccc(C[C@H]2C(=O)N(C(=O)OC(C)(C)C)[C@]23C(=O)N(Cc2ccccc2)c2ccccc23)cc1. The molecule has 0 unspecified atom stereocenters. The highest BCUT2D eigenvalue weighted by Crippen LogP contribution is 2.56. The van der Waals surface area contributed by atoms with Gasteiger partial charge in [0.1, 0.15) is 11.4 Å². The van der Waals surface area contributed by atoms with Gasteiger partial charge in [0.15, 0.2) is 5.54 Å². The maximum Gasteiger partial charge on any atom is 0.418 e. The summed E-state index contributed by atoms with van der Waals surface area (Å²) < 4.78 is 10.9. The fourth-order valence-corrected chi connectivity index (χ4v) is 5.31. The van der Waals surface area contributed by atoms with E-state index in [1.54, 1.807) is 32.8 Å². The van der Waals surface area contributed by atoms with Crippen molar-refractivity contribution in [1.82, 2.24) is 4.90 Å². The number of carbonyl (C=O) groups is 3. The Hall–Kier alpha value is -4.13. The number of benzene rings is 3. The third-order valence-corrected chi connectivity index (χ3v) is 6.91. The largest absolute Gasteiger partial charge is 0.497 e. The zero-order chi connectivity index (χ0) is 26.4. The fraction of sp³-hybridized carbons (Fsp3) is 0.300. The minimum Gasteiger partial charge on any atom is -0.497 e. The van der Waals surface area contributed by atoms with Crippen LogP contribution in [0.25, 0.3) is 0 Å². The van der Waals surface area contributed by atoms with Gasteiger partial charge in [-0.1, -0.05) is 60.7 Å². The minimum absolute atomic E-state index is 0.293. The fourth-order valence-electron chi connectivity index (χ4n) is 5.31. The summed E-state index contributed by atoms with van der Waals surface area (Å²) in [5.41, 5.74) is 0.838. The van der Waals surface area contributed by atoms with Gasteiger partial charge in [-0.25, -0.2) is 9.69 Å². The van der Waals surface area contributed by atoms with Gasteiger partial charge in [-0.3, -0.25) is 9.59 Å². The van der Waals surface area contributed by atoms with Crippen molar-refractivity contribution in [1.29, 1.82) is 0 Å². The van der Waals surface area contributed by atoms with E-state index in [2.05, 4.69) is 0 Å². The van der Waals surface area contributed by atoms with Crippen LogP contribution in [0.4, 0.5) is 10.5 Å². The number of anilines is 1. The number of fused-ring (bicyclic) bond motifs is 2. The van der Waals surface area contributed by atoms with Gasteiger partial charge in [-0.05, 0) is 56.5 Å². The molecule has 2 atom stereocenters. The van der Waals surface area contributed by atoms with Gasteiger partial charge in [-0.15, -0.1) is 0 Å². The van der Waals surface area contributed by atoms with E-state index in [1.807, 2.05) is 78.9 Å². The maximum absolute atomic E-state index is 14.4. The number of imide groups is 1. The molecule has 190 valence electrons. The van der Waals surface area contributed by atoms with Crippen LogP contribution in [0.2, 0.25) is 0 Å². The Balaban J connectivity index is 1.61. The molecule has 3 aromatic carbocycles. The highest BCUT2D eigenvalue weighted by atomic mass is 16.6. The van der Waals surface area contributed by atoms with Crippen molar-refractivity contribution in [3.63, 3.8) is 0 Å². The number of likely N-dealkylation sites (tertiary alicyclic amines) is 1. The third-order valence-electron chi connectivity index (χ3n) is 6.91. The Kier molecular flexibility index (Phi) is 6.02. The first-order chi connectivity index (χ1) is 17.7. The topological polar surface area (TPSA) is 76.1 Å². The van der Waals surface area contributed by atoms with Crippen LogP contribution in [0, 0.1) is 5.92 Å². The smallest absolute Gasteiger partial charge is 0.418 e. The number of methoxy groups -OCH3 is 1. The number of nitrogens with zero attached hydrogens (tertiary/aromatic N) is 2. The van der Waals surface area contributed by atoms with Crippen molar-refractivity contribution in [2.45, 2.75) is 44.9 Å². The molecule has 1 fully saturated rings. The quantitative estimate of drug-likeness (QED) is 0.459. The molecule has 0 bridgehead atoms. The molecule has 0 saturated carbocycles. The summed E-state index contributed by atoms with van der Waals surface area (Å²) in [6.45, 7) is 5.54. The highest BCUT2D eigenvalue weighted by Gasteiger charge is 2.72. The van der Waals surface area contributed by atoms with Crippen molar-refractivity contribution in [3.8, 4) is 5.75 Å². The molecule has 0 aromatic heterocycles. The molecule has 0 radical (unpaired) electrons. The zero-order valence-corrected chi connectivity index (χ0v) is 21.4. The second-order valence-corrected chi connectivity index (χ2v) is 10.4. The summed E-state index contributed by atoms with van der Waals surface area (Å²) in [4.78, 5) is 44.2. The van der Waals surface area contributed by atoms with Crippen molar-refractivity contribution in [2.24, 2.45) is 5.92 Å². The predicted molar refractivity (Wildman–Crippen MR) is 139 cm³/mol. The minimum atomic E-state index is -1.48. The third kappa shape index (κ3) is 4.04. The Morgan fingerprint density at radius 3 is 2.19 bits per heavy atom. The normalized spacial score (nSPS) is 20.6. The van der Waals surface area contributed by atoms with Gasteiger partial charge < -0.3 is 14.4 Å². The van der Waals surface area contributed by atoms with Crippen LogP contribution in [0.3, 0.4) is 0 Å². The Morgan fingerprint density at radius 1 is 0.892 bits per heavy atom. The lowest BCUT2D eigenvalue weighted by molar-refractivity contribution is -0.175. The maximum atomic E-state index is 14.4. The Bertz CT molecular complexity index is 1350. The van der Waals surface area contributed by atoms with E-state index in [9.17, 15) is 14.4 Å². The second kappa shape index (κ2) is 9.07. The number of hydrogen-bond acceptors (Lipinski definition) is 5. The van der Waals surface area contributed by atoms with Crippen molar-refractivity contribution in [3.05, 3.63) is 95.6 Å². The van der Waals surface area contributed by atoms with E-state index >= 15 is 0 Å². The van der Waals surface area contributed by atoms with E-state index in [1.165, 1.54) is 0 Å². The van der Waals surface area contributed by atoms with Crippen molar-refractivity contribution < 1.29 is 23.9 Å². The van der Waals surface area contributed by atoms with Crippen LogP contribution in [-0.2, 0) is 32.8 Å². The van der Waals surface area contributed by atoms with E-state index in [0.717, 1.165) is 16.0 Å². The van der Waals surface area contributed by atoms with Crippen molar-refractivity contribution in [2.75, 3.05) is 12.0 Å². The first-order valence-electron chi connectivity index (χ1n) is 12.3. The molecular weight excluding hydrogens is 468 g/mol. The average Bonchev–Trinajstić information content (AvgIpc) is 3.12. The van der Waals surface area contributed by atoms with Gasteiger partial charge in [0.05, 0.1) is 25.3 Å². The average molecular weight is 499 g/mol. The molecule has 3 aromatic rings. The van der Waals surface area contributed by atoms with Crippen LogP contribution in [0.15, 0.2) is 78.9 Å². The second-order valence-electron chi connectivity index (χ2n) is 10.4. The summed E-state index contributed by atoms with van der Waals surface area (Å²) in [5, 5.41) is 0. The molecule has 37 heavy (non-hydrogen) atoms. The van der Waals surface area contributed by atoms with Crippen molar-refractivity contribution >= 4 is 23.6 Å². The molecule has 2 aliphatic rings. The van der Waals surface area contributed by atoms with E-state index in [0.29, 0.717) is 30.0 Å². The van der Waals surface area contributed by atoms with Gasteiger partial charge >= 0.3 is 6.09 Å². The molecule has 2 heterocycles. The molecule has 3 amide bonds. The predicted octanol–water partition coefficient (Wildman–Crippen LogP) is 5.07. The summed E-state index contributed by atoms with van der Waals surface area (Å²) in [6, 6.07) is 24.5. The van der Waals surface area contributed by atoms with Crippen LogP contribution in [-0.4, -0.2) is 35.5 Å². The van der Waals surface area contributed by atoms with Gasteiger partial charge in [0.25, 0.3) is 5.91 Å². The number of amides is 3. The molecule has 1 saturated heterocycles. The number of rotatable bonds is 5. The molecule has 5 rings (SSSR count). The Labute approximate surface area is 216 Å². The number of carbonyl (C=O) groups excluding carboxylic acids is 3. The number of para-hydroxylation sites is 1. The summed E-state index contributed by atoms with van der Waals surface area (Å²) in [5.74, 6) is -0.788. The van der Waals surface area contributed by atoms with E-state index < -0.39 is 29.1 Å². The summed E-state index contributed by atoms with van der Waals surface area (Å²) >= 11 is 0. The lowest BCUT2D eigenvalue weighted by atomic mass is 9.67. The standard InChI is InChI=1S/C30H30N2O5/c1-29(2,3)37-28(35)32-26(33)24(18-20-14-16-22(36-4)17-15-20)30(32)23-12-8-9-13-25(23)31(27(30)34)19-21-10-6-5-7-11-21/h5-17,24H,18-19H2,1-4H3/t24-,30-/m0/s1. The summed E-state index contributed by atoms with van der Waals surface area (Å²) in [6.07, 6.45) is -0.519. The van der Waals surface area contributed by atoms with Gasteiger partial charge in [0.2, 0.25) is 5.91 Å². The van der Waals surface area contributed by atoms with Crippen LogP contribution in [0.5, 0.6) is 5.75 Å². The molecule has 1 spiro atoms. The molecule has 0 N–H and O–H groups in total.